The quantitative estimate of drug-likeness (QED) is 0.911. The Labute approximate surface area is 122 Å². The Morgan fingerprint density at radius 1 is 1.11 bits per heavy atom. The molecule has 0 saturated heterocycles. The van der Waals surface area contributed by atoms with Gasteiger partial charge in [-0.2, -0.15) is 0 Å². The summed E-state index contributed by atoms with van der Waals surface area (Å²) < 4.78 is 1.03. The molecule has 0 aliphatic heterocycles. The lowest BCUT2D eigenvalue weighted by atomic mass is 9.87. The first-order chi connectivity index (χ1) is 8.89. The van der Waals surface area contributed by atoms with Crippen LogP contribution in [0, 0.1) is 5.41 Å². The third kappa shape index (κ3) is 3.19. The monoisotopic (exact) mass is 319 g/mol. The van der Waals surface area contributed by atoms with Gasteiger partial charge in [-0.15, -0.1) is 0 Å². The Kier molecular flexibility index (Phi) is 4.02. The fourth-order valence-electron chi connectivity index (χ4n) is 1.72. The van der Waals surface area contributed by atoms with Crippen molar-refractivity contribution in [2.24, 2.45) is 11.1 Å². The van der Waals surface area contributed by atoms with E-state index in [1.54, 1.807) is 0 Å². The van der Waals surface area contributed by atoms with E-state index in [9.17, 15) is 0 Å². The van der Waals surface area contributed by atoms with Gasteiger partial charge in [-0.05, 0) is 17.0 Å². The van der Waals surface area contributed by atoms with Crippen LogP contribution in [0.4, 0.5) is 0 Å². The summed E-state index contributed by atoms with van der Waals surface area (Å²) in [5.41, 5.74) is 8.18. The van der Waals surface area contributed by atoms with Crippen molar-refractivity contribution in [1.82, 2.24) is 9.97 Å². The van der Waals surface area contributed by atoms with Crippen LogP contribution in [-0.2, 0) is 0 Å². The minimum absolute atomic E-state index is 0.0468. The van der Waals surface area contributed by atoms with Crippen LogP contribution >= 0.6 is 15.9 Å². The fourth-order valence-corrected chi connectivity index (χ4v) is 2.23. The van der Waals surface area contributed by atoms with Crippen LogP contribution in [0.5, 0.6) is 0 Å². The van der Waals surface area contributed by atoms with Crippen molar-refractivity contribution < 1.29 is 0 Å². The van der Waals surface area contributed by atoms with Crippen LogP contribution < -0.4 is 5.73 Å². The van der Waals surface area contributed by atoms with Gasteiger partial charge in [-0.1, -0.05) is 54.9 Å². The molecule has 0 amide bonds. The van der Waals surface area contributed by atoms with Gasteiger partial charge in [0, 0.05) is 22.4 Å². The van der Waals surface area contributed by atoms with E-state index in [1.165, 1.54) is 0 Å². The SMILES string of the molecule is CC(C)(C)C(N)c1ncc(-c2ccccc2Br)cn1. The summed E-state index contributed by atoms with van der Waals surface area (Å²) in [6, 6.07) is 7.85. The summed E-state index contributed by atoms with van der Waals surface area (Å²) in [7, 11) is 0. The van der Waals surface area contributed by atoms with Gasteiger partial charge >= 0.3 is 0 Å². The molecule has 2 rings (SSSR count). The summed E-state index contributed by atoms with van der Waals surface area (Å²) in [5.74, 6) is 0.684. The van der Waals surface area contributed by atoms with E-state index in [0.717, 1.165) is 15.6 Å². The average molecular weight is 320 g/mol. The second kappa shape index (κ2) is 5.39. The predicted molar refractivity (Wildman–Crippen MR) is 81.6 cm³/mol. The molecule has 2 N–H and O–H groups in total. The van der Waals surface area contributed by atoms with Crippen molar-refractivity contribution in [2.45, 2.75) is 26.8 Å². The zero-order valence-electron chi connectivity index (χ0n) is 11.4. The average Bonchev–Trinajstić information content (AvgIpc) is 2.38. The van der Waals surface area contributed by atoms with Crippen molar-refractivity contribution in [2.75, 3.05) is 0 Å². The highest BCUT2D eigenvalue weighted by Crippen LogP contribution is 2.30. The molecule has 0 fully saturated rings. The summed E-state index contributed by atoms with van der Waals surface area (Å²) in [5, 5.41) is 0. The number of benzene rings is 1. The normalized spacial score (nSPS) is 13.3. The minimum Gasteiger partial charge on any atom is -0.321 e. The van der Waals surface area contributed by atoms with E-state index >= 15 is 0 Å². The molecule has 0 spiro atoms. The van der Waals surface area contributed by atoms with Crippen LogP contribution in [0.3, 0.4) is 0 Å². The van der Waals surface area contributed by atoms with Gasteiger partial charge in [0.05, 0.1) is 6.04 Å². The highest BCUT2D eigenvalue weighted by molar-refractivity contribution is 9.10. The zero-order valence-corrected chi connectivity index (χ0v) is 13.0. The number of hydrogen-bond acceptors (Lipinski definition) is 3. The van der Waals surface area contributed by atoms with Crippen LogP contribution in [0.1, 0.15) is 32.6 Å². The predicted octanol–water partition coefficient (Wildman–Crippen LogP) is 3.95. The third-order valence-electron chi connectivity index (χ3n) is 3.07. The van der Waals surface area contributed by atoms with Crippen LogP contribution in [0.25, 0.3) is 11.1 Å². The maximum absolute atomic E-state index is 6.16. The summed E-state index contributed by atoms with van der Waals surface area (Å²) in [6.07, 6.45) is 3.65. The zero-order chi connectivity index (χ0) is 14.0. The van der Waals surface area contributed by atoms with Gasteiger partial charge in [0.1, 0.15) is 5.82 Å². The lowest BCUT2D eigenvalue weighted by Crippen LogP contribution is -2.28. The van der Waals surface area contributed by atoms with Crippen molar-refractivity contribution in [3.8, 4) is 11.1 Å². The van der Waals surface area contributed by atoms with Crippen molar-refractivity contribution in [3.05, 3.63) is 47.0 Å². The molecule has 0 radical (unpaired) electrons. The minimum atomic E-state index is -0.166. The summed E-state index contributed by atoms with van der Waals surface area (Å²) in [4.78, 5) is 8.81. The van der Waals surface area contributed by atoms with Gasteiger partial charge in [-0.3, -0.25) is 0 Å². The molecule has 1 atom stereocenters. The first-order valence-corrected chi connectivity index (χ1v) is 7.01. The van der Waals surface area contributed by atoms with Crippen LogP contribution in [-0.4, -0.2) is 9.97 Å². The molecule has 1 unspecified atom stereocenters. The second-order valence-electron chi connectivity index (χ2n) is 5.65. The molecule has 1 aromatic carbocycles. The Balaban J connectivity index is 2.32. The van der Waals surface area contributed by atoms with Gasteiger partial charge in [0.15, 0.2) is 0 Å². The highest BCUT2D eigenvalue weighted by atomic mass is 79.9. The van der Waals surface area contributed by atoms with E-state index in [0.29, 0.717) is 5.82 Å². The van der Waals surface area contributed by atoms with Gasteiger partial charge < -0.3 is 5.73 Å². The Hall–Kier alpha value is -1.26. The molecule has 0 bridgehead atoms. The number of hydrogen-bond donors (Lipinski definition) is 1. The second-order valence-corrected chi connectivity index (χ2v) is 6.51. The largest absolute Gasteiger partial charge is 0.321 e. The lowest BCUT2D eigenvalue weighted by molar-refractivity contribution is 0.315. The van der Waals surface area contributed by atoms with E-state index in [4.69, 9.17) is 5.73 Å². The fraction of sp³-hybridized carbons (Fsp3) is 0.333. The maximum atomic E-state index is 6.16. The molecule has 1 heterocycles. The first kappa shape index (κ1) is 14.2. The molecule has 3 nitrogen and oxygen atoms in total. The molecule has 0 saturated carbocycles. The molecule has 100 valence electrons. The van der Waals surface area contributed by atoms with Crippen LogP contribution in [0.2, 0.25) is 0 Å². The molecule has 0 aliphatic rings. The number of aromatic nitrogens is 2. The van der Waals surface area contributed by atoms with Gasteiger partial charge in [-0.25, -0.2) is 9.97 Å². The Morgan fingerprint density at radius 3 is 2.21 bits per heavy atom. The molecule has 4 heteroatoms. The Bertz CT molecular complexity index is 558. The number of nitrogens with zero attached hydrogens (tertiary/aromatic N) is 2. The standard InChI is InChI=1S/C15H18BrN3/c1-15(2,3)13(17)14-18-8-10(9-19-14)11-6-4-5-7-12(11)16/h4-9,13H,17H2,1-3H3. The van der Waals surface area contributed by atoms with E-state index in [-0.39, 0.29) is 11.5 Å². The molecule has 19 heavy (non-hydrogen) atoms. The number of nitrogens with two attached hydrogens (primary N) is 1. The Morgan fingerprint density at radius 2 is 1.68 bits per heavy atom. The van der Waals surface area contributed by atoms with E-state index in [1.807, 2.05) is 36.7 Å². The van der Waals surface area contributed by atoms with Crippen molar-refractivity contribution in [3.63, 3.8) is 0 Å². The number of halogens is 1. The van der Waals surface area contributed by atoms with Gasteiger partial charge in [0.25, 0.3) is 0 Å². The summed E-state index contributed by atoms with van der Waals surface area (Å²) >= 11 is 3.53. The topological polar surface area (TPSA) is 51.8 Å². The maximum Gasteiger partial charge on any atom is 0.145 e. The molecule has 0 aliphatic carbocycles. The third-order valence-corrected chi connectivity index (χ3v) is 3.76. The summed E-state index contributed by atoms with van der Waals surface area (Å²) in [6.45, 7) is 6.26. The van der Waals surface area contributed by atoms with Crippen LogP contribution in [0.15, 0.2) is 41.1 Å². The first-order valence-electron chi connectivity index (χ1n) is 6.22. The van der Waals surface area contributed by atoms with Crippen molar-refractivity contribution >= 4 is 15.9 Å². The molecule has 2 aromatic rings. The number of rotatable bonds is 2. The lowest BCUT2D eigenvalue weighted by Gasteiger charge is -2.25. The molecule has 1 aromatic heterocycles. The molecular formula is C15H18BrN3. The smallest absolute Gasteiger partial charge is 0.145 e. The van der Waals surface area contributed by atoms with Crippen molar-refractivity contribution in [1.29, 1.82) is 0 Å². The molecular weight excluding hydrogens is 302 g/mol. The van der Waals surface area contributed by atoms with Gasteiger partial charge in [0.2, 0.25) is 0 Å². The highest BCUT2D eigenvalue weighted by Gasteiger charge is 2.24. The van der Waals surface area contributed by atoms with E-state index < -0.39 is 0 Å². The van der Waals surface area contributed by atoms with E-state index in [2.05, 4.69) is 46.7 Å².